The fraction of sp³-hybridized carbons (Fsp3) is 0.286. The average molecular weight is 370 g/mol. The van der Waals surface area contributed by atoms with E-state index in [0.29, 0.717) is 17.4 Å². The molecule has 0 spiro atoms. The largest absolute Gasteiger partial charge is 0.395 e. The standard InChI is InChI=1S/C14H14BrClN4O/c1-14(7-21)6-20(11-4-8(15)2-3-9(11)14)12-10(16)5-18-13(17)19-12/h2-5,21H,6-7H2,1H3,(H2,17,18,19). The summed E-state index contributed by atoms with van der Waals surface area (Å²) in [6.45, 7) is 2.62. The molecule has 0 saturated heterocycles. The molecular formula is C14H14BrClN4O. The third-order valence-electron chi connectivity index (χ3n) is 3.76. The van der Waals surface area contributed by atoms with Gasteiger partial charge in [0.2, 0.25) is 5.95 Å². The SMILES string of the molecule is CC1(CO)CN(c2nc(N)ncc2Cl)c2cc(Br)ccc21. The van der Waals surface area contributed by atoms with Crippen LogP contribution in [0.2, 0.25) is 5.02 Å². The van der Waals surface area contributed by atoms with Gasteiger partial charge in [0, 0.05) is 22.1 Å². The van der Waals surface area contributed by atoms with Crippen molar-refractivity contribution in [1.82, 2.24) is 9.97 Å². The summed E-state index contributed by atoms with van der Waals surface area (Å²) < 4.78 is 0.951. The minimum absolute atomic E-state index is 0.0380. The topological polar surface area (TPSA) is 75.3 Å². The Balaban J connectivity index is 2.18. The number of anilines is 3. The molecule has 0 radical (unpaired) electrons. The van der Waals surface area contributed by atoms with Gasteiger partial charge in [0.15, 0.2) is 5.82 Å². The smallest absolute Gasteiger partial charge is 0.222 e. The Morgan fingerprint density at radius 1 is 1.52 bits per heavy atom. The van der Waals surface area contributed by atoms with Gasteiger partial charge in [-0.1, -0.05) is 40.5 Å². The summed E-state index contributed by atoms with van der Waals surface area (Å²) in [6, 6.07) is 5.96. The number of nitrogens with zero attached hydrogens (tertiary/aromatic N) is 3. The Labute approximate surface area is 135 Å². The first-order chi connectivity index (χ1) is 9.94. The lowest BCUT2D eigenvalue weighted by Crippen LogP contribution is -2.32. The number of halogens is 2. The summed E-state index contributed by atoms with van der Waals surface area (Å²) in [5.74, 6) is 0.726. The van der Waals surface area contributed by atoms with Gasteiger partial charge in [0.25, 0.3) is 0 Å². The Hall–Kier alpha value is -1.37. The van der Waals surface area contributed by atoms with Gasteiger partial charge in [-0.25, -0.2) is 4.98 Å². The van der Waals surface area contributed by atoms with Gasteiger partial charge in [-0.3, -0.25) is 0 Å². The molecule has 1 unspecified atom stereocenters. The number of nitrogens with two attached hydrogens (primary N) is 1. The van der Waals surface area contributed by atoms with Crippen LogP contribution in [0.5, 0.6) is 0 Å². The van der Waals surface area contributed by atoms with Gasteiger partial charge in [-0.05, 0) is 17.7 Å². The van der Waals surface area contributed by atoms with Crippen LogP contribution in [-0.4, -0.2) is 28.2 Å². The second-order valence-electron chi connectivity index (χ2n) is 5.37. The number of benzene rings is 1. The molecule has 1 aliphatic heterocycles. The number of aliphatic hydroxyl groups excluding tert-OH is 1. The average Bonchev–Trinajstić information content (AvgIpc) is 2.75. The summed E-state index contributed by atoms with van der Waals surface area (Å²) in [5, 5.41) is 10.2. The van der Waals surface area contributed by atoms with Crippen LogP contribution < -0.4 is 10.6 Å². The summed E-state index contributed by atoms with van der Waals surface area (Å²) in [6.07, 6.45) is 1.49. The van der Waals surface area contributed by atoms with Crippen LogP contribution in [0.15, 0.2) is 28.9 Å². The maximum Gasteiger partial charge on any atom is 0.222 e. The van der Waals surface area contributed by atoms with Gasteiger partial charge in [0.1, 0.15) is 5.02 Å². The van der Waals surface area contributed by atoms with Gasteiger partial charge < -0.3 is 15.7 Å². The van der Waals surface area contributed by atoms with E-state index in [1.165, 1.54) is 6.20 Å². The summed E-state index contributed by atoms with van der Waals surface area (Å²) in [4.78, 5) is 10.1. The highest BCUT2D eigenvalue weighted by molar-refractivity contribution is 9.10. The van der Waals surface area contributed by atoms with Crippen molar-refractivity contribution in [2.75, 3.05) is 23.8 Å². The monoisotopic (exact) mass is 368 g/mol. The second-order valence-corrected chi connectivity index (χ2v) is 6.69. The number of aromatic nitrogens is 2. The van der Waals surface area contributed by atoms with Crippen LogP contribution in [0.4, 0.5) is 17.5 Å². The molecule has 2 aromatic rings. The first-order valence-electron chi connectivity index (χ1n) is 6.41. The van der Waals surface area contributed by atoms with Crippen LogP contribution in [0.25, 0.3) is 0 Å². The maximum absolute atomic E-state index is 9.80. The minimum atomic E-state index is -0.376. The molecule has 0 aliphatic carbocycles. The number of aliphatic hydroxyl groups is 1. The number of fused-ring (bicyclic) bond motifs is 1. The normalized spacial score (nSPS) is 20.7. The van der Waals surface area contributed by atoms with Crippen molar-refractivity contribution in [3.05, 3.63) is 39.5 Å². The lowest BCUT2D eigenvalue weighted by molar-refractivity contribution is 0.216. The van der Waals surface area contributed by atoms with Crippen molar-refractivity contribution >= 4 is 45.0 Å². The predicted octanol–water partition coefficient (Wildman–Crippen LogP) is 2.88. The van der Waals surface area contributed by atoms with E-state index in [1.807, 2.05) is 30.0 Å². The highest BCUT2D eigenvalue weighted by Crippen LogP contribution is 2.46. The molecule has 1 aliphatic rings. The van der Waals surface area contributed by atoms with Crippen molar-refractivity contribution in [1.29, 1.82) is 0 Å². The van der Waals surface area contributed by atoms with Crippen molar-refractivity contribution in [2.24, 2.45) is 0 Å². The number of nitrogen functional groups attached to an aromatic ring is 1. The van der Waals surface area contributed by atoms with E-state index in [-0.39, 0.29) is 18.0 Å². The molecular weight excluding hydrogens is 356 g/mol. The Morgan fingerprint density at radius 3 is 3.00 bits per heavy atom. The number of rotatable bonds is 2. The zero-order valence-corrected chi connectivity index (χ0v) is 13.7. The quantitative estimate of drug-likeness (QED) is 0.851. The van der Waals surface area contributed by atoms with Crippen LogP contribution in [0.1, 0.15) is 12.5 Å². The first-order valence-corrected chi connectivity index (χ1v) is 7.58. The van der Waals surface area contributed by atoms with E-state index < -0.39 is 0 Å². The Kier molecular flexibility index (Phi) is 3.55. The van der Waals surface area contributed by atoms with E-state index >= 15 is 0 Å². The molecule has 1 aromatic carbocycles. The molecule has 1 atom stereocenters. The van der Waals surface area contributed by atoms with E-state index in [2.05, 4.69) is 25.9 Å². The molecule has 0 bridgehead atoms. The minimum Gasteiger partial charge on any atom is -0.395 e. The van der Waals surface area contributed by atoms with Gasteiger partial charge in [-0.2, -0.15) is 4.98 Å². The van der Waals surface area contributed by atoms with Crippen molar-refractivity contribution in [3.8, 4) is 0 Å². The maximum atomic E-state index is 9.80. The summed E-state index contributed by atoms with van der Waals surface area (Å²) in [5.41, 5.74) is 7.32. The second kappa shape index (κ2) is 5.12. The van der Waals surface area contributed by atoms with Crippen LogP contribution >= 0.6 is 27.5 Å². The molecule has 0 fully saturated rings. The van der Waals surface area contributed by atoms with Crippen LogP contribution in [0.3, 0.4) is 0 Å². The van der Waals surface area contributed by atoms with Gasteiger partial charge in [0.05, 0.1) is 12.8 Å². The molecule has 5 nitrogen and oxygen atoms in total. The zero-order chi connectivity index (χ0) is 15.2. The molecule has 21 heavy (non-hydrogen) atoms. The van der Waals surface area contributed by atoms with E-state index in [0.717, 1.165) is 15.7 Å². The molecule has 0 saturated carbocycles. The summed E-state index contributed by atoms with van der Waals surface area (Å²) >= 11 is 9.70. The van der Waals surface area contributed by atoms with Crippen LogP contribution in [0, 0.1) is 0 Å². The molecule has 3 N–H and O–H groups in total. The Bertz CT molecular complexity index is 711. The molecule has 0 amide bonds. The van der Waals surface area contributed by atoms with E-state index in [4.69, 9.17) is 17.3 Å². The molecule has 1 aromatic heterocycles. The third kappa shape index (κ3) is 2.37. The summed E-state index contributed by atoms with van der Waals surface area (Å²) in [7, 11) is 0. The number of hydrogen-bond acceptors (Lipinski definition) is 5. The van der Waals surface area contributed by atoms with E-state index in [1.54, 1.807) is 0 Å². The molecule has 7 heteroatoms. The van der Waals surface area contributed by atoms with Crippen LogP contribution in [-0.2, 0) is 5.41 Å². The highest BCUT2D eigenvalue weighted by atomic mass is 79.9. The van der Waals surface area contributed by atoms with Gasteiger partial charge in [-0.15, -0.1) is 0 Å². The predicted molar refractivity (Wildman–Crippen MR) is 87.0 cm³/mol. The first kappa shape index (κ1) is 14.6. The molecule has 2 heterocycles. The highest BCUT2D eigenvalue weighted by Gasteiger charge is 2.40. The van der Waals surface area contributed by atoms with Crippen molar-refractivity contribution < 1.29 is 5.11 Å². The molecule has 3 rings (SSSR count). The van der Waals surface area contributed by atoms with E-state index in [9.17, 15) is 5.11 Å². The fourth-order valence-corrected chi connectivity index (χ4v) is 3.18. The van der Waals surface area contributed by atoms with Crippen molar-refractivity contribution in [2.45, 2.75) is 12.3 Å². The lowest BCUT2D eigenvalue weighted by Gasteiger charge is -2.24. The third-order valence-corrected chi connectivity index (χ3v) is 4.52. The van der Waals surface area contributed by atoms with Crippen molar-refractivity contribution in [3.63, 3.8) is 0 Å². The fourth-order valence-electron chi connectivity index (χ4n) is 2.64. The lowest BCUT2D eigenvalue weighted by atomic mass is 9.86. The number of hydrogen-bond donors (Lipinski definition) is 2. The molecule has 110 valence electrons. The Morgan fingerprint density at radius 2 is 2.29 bits per heavy atom. The van der Waals surface area contributed by atoms with Gasteiger partial charge >= 0.3 is 0 Å². The zero-order valence-electron chi connectivity index (χ0n) is 11.3.